The quantitative estimate of drug-likeness (QED) is 0.777. The van der Waals surface area contributed by atoms with E-state index in [4.69, 9.17) is 4.74 Å². The monoisotopic (exact) mass is 339 g/mol. The average Bonchev–Trinajstić information content (AvgIpc) is 2.52. The van der Waals surface area contributed by atoms with Crippen LogP contribution in [0.3, 0.4) is 0 Å². The number of hydrogen-bond acceptors (Lipinski definition) is 5. The molecule has 0 unspecified atom stereocenters. The van der Waals surface area contributed by atoms with Crippen molar-refractivity contribution in [1.29, 1.82) is 0 Å². The van der Waals surface area contributed by atoms with Crippen LogP contribution in [0.25, 0.3) is 0 Å². The molecule has 2 aliphatic rings. The van der Waals surface area contributed by atoms with Gasteiger partial charge in [-0.25, -0.2) is 8.42 Å². The topological polar surface area (TPSA) is 62.7 Å². The van der Waals surface area contributed by atoms with Crippen LogP contribution in [0, 0.1) is 0 Å². The van der Waals surface area contributed by atoms with Gasteiger partial charge in [0.05, 0.1) is 6.61 Å². The van der Waals surface area contributed by atoms with Gasteiger partial charge < -0.3 is 4.74 Å². The van der Waals surface area contributed by atoms with E-state index in [1.165, 1.54) is 5.56 Å². The van der Waals surface area contributed by atoms with E-state index in [0.717, 1.165) is 38.9 Å². The summed E-state index contributed by atoms with van der Waals surface area (Å²) in [6, 6.07) is 4.01. The van der Waals surface area contributed by atoms with Gasteiger partial charge in [0.15, 0.2) is 0 Å². The third-order valence-corrected chi connectivity index (χ3v) is 7.71. The smallest absolute Gasteiger partial charge is 0.222 e. The zero-order chi connectivity index (χ0) is 16.3. The summed E-state index contributed by atoms with van der Waals surface area (Å²) in [5.74, 6) is 0. The summed E-state index contributed by atoms with van der Waals surface area (Å²) in [5, 5.41) is 0. The van der Waals surface area contributed by atoms with Crippen molar-refractivity contribution in [3.8, 4) is 0 Å². The van der Waals surface area contributed by atoms with Gasteiger partial charge in [-0.2, -0.15) is 4.31 Å². The molecule has 23 heavy (non-hydrogen) atoms. The Morgan fingerprint density at radius 3 is 2.35 bits per heavy atom. The maximum absolute atomic E-state index is 13.0. The van der Waals surface area contributed by atoms with E-state index in [0.29, 0.717) is 19.7 Å². The molecule has 0 N–H and O–H groups in total. The maximum atomic E-state index is 13.0. The van der Waals surface area contributed by atoms with Crippen LogP contribution < -0.4 is 0 Å². The van der Waals surface area contributed by atoms with Gasteiger partial charge in [0.25, 0.3) is 0 Å². The first-order valence-electron chi connectivity index (χ1n) is 8.17. The number of rotatable bonds is 6. The summed E-state index contributed by atoms with van der Waals surface area (Å²) in [5.41, 5.74) is 1.21. The van der Waals surface area contributed by atoms with Crippen LogP contribution in [0.15, 0.2) is 24.5 Å². The third-order valence-electron chi connectivity index (χ3n) is 5.05. The van der Waals surface area contributed by atoms with Crippen molar-refractivity contribution in [2.24, 2.45) is 0 Å². The molecule has 0 spiro atoms. The van der Waals surface area contributed by atoms with Gasteiger partial charge in [0.2, 0.25) is 10.0 Å². The SMILES string of the molecule is COCC1(S(=O)(=O)N2CCN(Cc3ccncc3)CC2)CCC1. The number of pyridine rings is 1. The zero-order valence-corrected chi connectivity index (χ0v) is 14.5. The molecule has 0 amide bonds. The Kier molecular flexibility index (Phi) is 5.01. The second kappa shape index (κ2) is 6.84. The summed E-state index contributed by atoms with van der Waals surface area (Å²) < 4.78 is 32.1. The normalized spacial score (nSPS) is 22.7. The van der Waals surface area contributed by atoms with Crippen molar-refractivity contribution in [2.45, 2.75) is 30.6 Å². The molecule has 1 aliphatic heterocycles. The first-order valence-corrected chi connectivity index (χ1v) is 9.61. The highest BCUT2D eigenvalue weighted by atomic mass is 32.2. The Balaban J connectivity index is 1.60. The lowest BCUT2D eigenvalue weighted by Gasteiger charge is -2.45. The lowest BCUT2D eigenvalue weighted by molar-refractivity contribution is 0.117. The molecule has 1 aromatic rings. The van der Waals surface area contributed by atoms with Crippen molar-refractivity contribution in [3.05, 3.63) is 30.1 Å². The zero-order valence-electron chi connectivity index (χ0n) is 13.6. The fraction of sp³-hybridized carbons (Fsp3) is 0.688. The molecule has 7 heteroatoms. The van der Waals surface area contributed by atoms with Gasteiger partial charge in [-0.3, -0.25) is 9.88 Å². The minimum absolute atomic E-state index is 0.312. The van der Waals surface area contributed by atoms with E-state index < -0.39 is 14.8 Å². The predicted octanol–water partition coefficient (Wildman–Crippen LogP) is 1.10. The number of nitrogens with zero attached hydrogens (tertiary/aromatic N) is 3. The minimum Gasteiger partial charge on any atom is -0.383 e. The van der Waals surface area contributed by atoms with Crippen molar-refractivity contribution in [3.63, 3.8) is 0 Å². The van der Waals surface area contributed by atoms with E-state index in [9.17, 15) is 8.42 Å². The molecule has 0 bridgehead atoms. The van der Waals surface area contributed by atoms with E-state index in [2.05, 4.69) is 9.88 Å². The molecule has 128 valence electrons. The van der Waals surface area contributed by atoms with Gasteiger partial charge in [-0.05, 0) is 30.5 Å². The Labute approximate surface area is 138 Å². The van der Waals surface area contributed by atoms with Gasteiger partial charge in [0.1, 0.15) is 4.75 Å². The Morgan fingerprint density at radius 1 is 1.17 bits per heavy atom. The highest BCUT2D eigenvalue weighted by Gasteiger charge is 2.52. The van der Waals surface area contributed by atoms with E-state index in [-0.39, 0.29) is 0 Å². The molecular weight excluding hydrogens is 314 g/mol. The van der Waals surface area contributed by atoms with Crippen LogP contribution in [0.2, 0.25) is 0 Å². The Bertz CT molecular complexity index is 609. The third kappa shape index (κ3) is 3.28. The standard InChI is InChI=1S/C16H25N3O3S/c1-22-14-16(5-2-6-16)23(20,21)19-11-9-18(10-12-19)13-15-3-7-17-8-4-15/h3-4,7-8H,2,5-6,9-14H2,1H3. The minimum atomic E-state index is -3.27. The molecule has 0 aromatic carbocycles. The molecule has 1 aliphatic carbocycles. The molecule has 2 heterocycles. The van der Waals surface area contributed by atoms with Gasteiger partial charge in [-0.1, -0.05) is 6.42 Å². The van der Waals surface area contributed by atoms with Crippen molar-refractivity contribution < 1.29 is 13.2 Å². The number of methoxy groups -OCH3 is 1. The highest BCUT2D eigenvalue weighted by Crippen LogP contribution is 2.41. The molecule has 0 atom stereocenters. The maximum Gasteiger partial charge on any atom is 0.222 e. The summed E-state index contributed by atoms with van der Waals surface area (Å²) in [6.45, 7) is 3.83. The molecule has 1 aromatic heterocycles. The summed E-state index contributed by atoms with van der Waals surface area (Å²) in [6.07, 6.45) is 6.01. The molecule has 1 saturated heterocycles. The van der Waals surface area contributed by atoms with Crippen LogP contribution in [0.5, 0.6) is 0 Å². The summed E-state index contributed by atoms with van der Waals surface area (Å²) >= 11 is 0. The number of sulfonamides is 1. The van der Waals surface area contributed by atoms with Gasteiger partial charge >= 0.3 is 0 Å². The second-order valence-electron chi connectivity index (χ2n) is 6.51. The number of piperazine rings is 1. The van der Waals surface area contributed by atoms with Crippen molar-refractivity contribution >= 4 is 10.0 Å². The molecule has 6 nitrogen and oxygen atoms in total. The van der Waals surface area contributed by atoms with Crippen LogP contribution in [-0.2, 0) is 21.3 Å². The summed E-state index contributed by atoms with van der Waals surface area (Å²) in [4.78, 5) is 6.32. The lowest BCUT2D eigenvalue weighted by atomic mass is 9.85. The first-order chi connectivity index (χ1) is 11.1. The fourth-order valence-corrected chi connectivity index (χ4v) is 5.72. The van der Waals surface area contributed by atoms with Gasteiger partial charge in [0, 0.05) is 52.2 Å². The molecule has 3 rings (SSSR count). The predicted molar refractivity (Wildman–Crippen MR) is 88.5 cm³/mol. The highest BCUT2D eigenvalue weighted by molar-refractivity contribution is 7.90. The fourth-order valence-electron chi connectivity index (χ4n) is 3.46. The van der Waals surface area contributed by atoms with Crippen molar-refractivity contribution in [1.82, 2.24) is 14.2 Å². The van der Waals surface area contributed by atoms with Crippen LogP contribution >= 0.6 is 0 Å². The molecule has 1 saturated carbocycles. The van der Waals surface area contributed by atoms with E-state index in [1.807, 2.05) is 12.1 Å². The number of ether oxygens (including phenoxy) is 1. The lowest BCUT2D eigenvalue weighted by Crippen LogP contribution is -2.59. The first kappa shape index (κ1) is 16.8. The average molecular weight is 339 g/mol. The molecular formula is C16H25N3O3S. The van der Waals surface area contributed by atoms with Crippen LogP contribution in [-0.4, -0.2) is 67.2 Å². The Morgan fingerprint density at radius 2 is 1.83 bits per heavy atom. The Hall–Kier alpha value is -1.02. The van der Waals surface area contributed by atoms with Crippen molar-refractivity contribution in [2.75, 3.05) is 39.9 Å². The second-order valence-corrected chi connectivity index (χ2v) is 8.84. The van der Waals surface area contributed by atoms with E-state index >= 15 is 0 Å². The van der Waals surface area contributed by atoms with E-state index in [1.54, 1.807) is 23.8 Å². The number of aromatic nitrogens is 1. The van der Waals surface area contributed by atoms with Gasteiger partial charge in [-0.15, -0.1) is 0 Å². The van der Waals surface area contributed by atoms with Crippen LogP contribution in [0.4, 0.5) is 0 Å². The van der Waals surface area contributed by atoms with Crippen LogP contribution in [0.1, 0.15) is 24.8 Å². The molecule has 0 radical (unpaired) electrons. The summed E-state index contributed by atoms with van der Waals surface area (Å²) in [7, 11) is -1.69. The largest absolute Gasteiger partial charge is 0.383 e. The number of hydrogen-bond donors (Lipinski definition) is 0. The molecule has 2 fully saturated rings.